The van der Waals surface area contributed by atoms with Crippen molar-refractivity contribution in [1.82, 2.24) is 4.90 Å². The van der Waals surface area contributed by atoms with Crippen molar-refractivity contribution in [2.24, 2.45) is 0 Å². The summed E-state index contributed by atoms with van der Waals surface area (Å²) in [5.74, 6) is 1.42. The van der Waals surface area contributed by atoms with E-state index in [-0.39, 0.29) is 5.91 Å². The Bertz CT molecular complexity index is 695. The van der Waals surface area contributed by atoms with Gasteiger partial charge in [-0.2, -0.15) is 0 Å². The van der Waals surface area contributed by atoms with Crippen molar-refractivity contribution in [3.8, 4) is 11.5 Å². The third-order valence-electron chi connectivity index (χ3n) is 3.61. The number of likely N-dealkylation sites (N-methyl/N-ethyl adjacent to an activating group) is 1. The van der Waals surface area contributed by atoms with E-state index in [0.29, 0.717) is 32.1 Å². The lowest BCUT2D eigenvalue weighted by atomic mass is 10.2. The molecular weight excluding hydrogens is 334 g/mol. The number of carbonyl (C=O) groups is 1. The van der Waals surface area contributed by atoms with Gasteiger partial charge in [0.1, 0.15) is 0 Å². The highest BCUT2D eigenvalue weighted by molar-refractivity contribution is 7.09. The van der Waals surface area contributed by atoms with Gasteiger partial charge in [0.15, 0.2) is 11.5 Å². The van der Waals surface area contributed by atoms with Gasteiger partial charge in [-0.1, -0.05) is 12.1 Å². The molecule has 2 rings (SSSR count). The Balaban J connectivity index is 2.08. The molecule has 0 fully saturated rings. The van der Waals surface area contributed by atoms with Gasteiger partial charge in [0.25, 0.3) is 0 Å². The molecule has 0 spiro atoms. The molecule has 0 N–H and O–H groups in total. The molecule has 1 heterocycles. The molecule has 134 valence electrons. The maximum absolute atomic E-state index is 12.4. The number of amides is 1. The van der Waals surface area contributed by atoms with Gasteiger partial charge in [-0.15, -0.1) is 11.3 Å². The minimum Gasteiger partial charge on any atom is -0.490 e. The first kappa shape index (κ1) is 19.1. The van der Waals surface area contributed by atoms with Crippen LogP contribution in [0.25, 0.3) is 6.08 Å². The second kappa shape index (κ2) is 9.89. The van der Waals surface area contributed by atoms with Crippen LogP contribution in [0.1, 0.15) is 31.2 Å². The monoisotopic (exact) mass is 359 g/mol. The van der Waals surface area contributed by atoms with Gasteiger partial charge in [0, 0.05) is 17.5 Å². The third kappa shape index (κ3) is 5.64. The molecule has 0 saturated heterocycles. The summed E-state index contributed by atoms with van der Waals surface area (Å²) in [6.45, 7) is 8.34. The third-order valence-corrected chi connectivity index (χ3v) is 4.47. The molecular formula is C20H25NO3S. The molecule has 0 atom stereocenters. The second-order valence-electron chi connectivity index (χ2n) is 5.34. The summed E-state index contributed by atoms with van der Waals surface area (Å²) in [6, 6.07) is 9.75. The first-order chi connectivity index (χ1) is 12.2. The second-order valence-corrected chi connectivity index (χ2v) is 6.37. The van der Waals surface area contributed by atoms with Gasteiger partial charge >= 0.3 is 0 Å². The largest absolute Gasteiger partial charge is 0.490 e. The average Bonchev–Trinajstić information content (AvgIpc) is 3.13. The van der Waals surface area contributed by atoms with Gasteiger partial charge < -0.3 is 14.4 Å². The highest BCUT2D eigenvalue weighted by Crippen LogP contribution is 2.29. The summed E-state index contributed by atoms with van der Waals surface area (Å²) in [7, 11) is 0. The number of ether oxygens (including phenoxy) is 2. The zero-order valence-corrected chi connectivity index (χ0v) is 15.8. The number of carbonyl (C=O) groups excluding carboxylic acids is 1. The van der Waals surface area contributed by atoms with Crippen molar-refractivity contribution in [3.63, 3.8) is 0 Å². The Labute approximate surface area is 153 Å². The maximum atomic E-state index is 12.4. The Hall–Kier alpha value is -2.27. The standard InChI is InChI=1S/C20H25NO3S/c1-4-21(15-17-8-7-13-25-17)20(22)12-10-16-9-11-18(23-5-2)19(14-16)24-6-3/h7-14H,4-6,15H2,1-3H3/b12-10+. The lowest BCUT2D eigenvalue weighted by Gasteiger charge is -2.18. The van der Waals surface area contributed by atoms with Crippen molar-refractivity contribution >= 4 is 23.3 Å². The van der Waals surface area contributed by atoms with Crippen LogP contribution in [0.15, 0.2) is 41.8 Å². The molecule has 0 saturated carbocycles. The van der Waals surface area contributed by atoms with E-state index in [9.17, 15) is 4.79 Å². The summed E-state index contributed by atoms with van der Waals surface area (Å²) in [5.41, 5.74) is 0.910. The normalized spacial score (nSPS) is 10.8. The quantitative estimate of drug-likeness (QED) is 0.614. The van der Waals surface area contributed by atoms with E-state index < -0.39 is 0 Å². The molecule has 25 heavy (non-hydrogen) atoms. The van der Waals surface area contributed by atoms with E-state index >= 15 is 0 Å². The summed E-state index contributed by atoms with van der Waals surface area (Å²) in [6.07, 6.45) is 3.43. The Morgan fingerprint density at radius 1 is 1.12 bits per heavy atom. The highest BCUT2D eigenvalue weighted by Gasteiger charge is 2.10. The molecule has 1 aromatic carbocycles. The van der Waals surface area contributed by atoms with Gasteiger partial charge in [0.2, 0.25) is 5.91 Å². The first-order valence-electron chi connectivity index (χ1n) is 8.56. The Morgan fingerprint density at radius 3 is 2.52 bits per heavy atom. The molecule has 0 unspecified atom stereocenters. The molecule has 0 aliphatic heterocycles. The lowest BCUT2D eigenvalue weighted by molar-refractivity contribution is -0.126. The summed E-state index contributed by atoms with van der Waals surface area (Å²) in [5, 5.41) is 2.03. The fourth-order valence-corrected chi connectivity index (χ4v) is 3.10. The van der Waals surface area contributed by atoms with E-state index in [1.807, 2.05) is 67.5 Å². The van der Waals surface area contributed by atoms with Crippen LogP contribution in [0.3, 0.4) is 0 Å². The van der Waals surface area contributed by atoms with Crippen LogP contribution in [0.4, 0.5) is 0 Å². The van der Waals surface area contributed by atoms with E-state index in [4.69, 9.17) is 9.47 Å². The van der Waals surface area contributed by atoms with Crippen LogP contribution in [0.5, 0.6) is 11.5 Å². The molecule has 5 heteroatoms. The molecule has 1 amide bonds. The van der Waals surface area contributed by atoms with Crippen LogP contribution < -0.4 is 9.47 Å². The molecule has 4 nitrogen and oxygen atoms in total. The van der Waals surface area contributed by atoms with Gasteiger partial charge in [0.05, 0.1) is 19.8 Å². The SMILES string of the molecule is CCOc1ccc(/C=C/C(=O)N(CC)Cc2cccs2)cc1OCC. The highest BCUT2D eigenvalue weighted by atomic mass is 32.1. The number of nitrogens with zero attached hydrogens (tertiary/aromatic N) is 1. The predicted octanol–water partition coefficient (Wildman–Crippen LogP) is 4.61. The van der Waals surface area contributed by atoms with E-state index in [1.165, 1.54) is 4.88 Å². The molecule has 0 bridgehead atoms. The van der Waals surface area contributed by atoms with E-state index in [1.54, 1.807) is 17.4 Å². The number of hydrogen-bond acceptors (Lipinski definition) is 4. The van der Waals surface area contributed by atoms with Gasteiger partial charge in [-0.3, -0.25) is 4.79 Å². The minimum atomic E-state index is 0.00254. The minimum absolute atomic E-state index is 0.00254. The molecule has 0 aliphatic carbocycles. The summed E-state index contributed by atoms with van der Waals surface area (Å²) >= 11 is 1.66. The molecule has 0 radical (unpaired) electrons. The summed E-state index contributed by atoms with van der Waals surface area (Å²) in [4.78, 5) is 15.4. The summed E-state index contributed by atoms with van der Waals surface area (Å²) < 4.78 is 11.2. The zero-order chi connectivity index (χ0) is 18.1. The Kier molecular flexibility index (Phi) is 7.54. The van der Waals surface area contributed by atoms with Crippen molar-refractivity contribution in [2.45, 2.75) is 27.3 Å². The predicted molar refractivity (Wildman–Crippen MR) is 103 cm³/mol. The number of rotatable bonds is 9. The van der Waals surface area contributed by atoms with Crippen LogP contribution in [-0.4, -0.2) is 30.6 Å². The Morgan fingerprint density at radius 2 is 1.88 bits per heavy atom. The topological polar surface area (TPSA) is 38.8 Å². The van der Waals surface area contributed by atoms with E-state index in [2.05, 4.69) is 0 Å². The maximum Gasteiger partial charge on any atom is 0.246 e. The molecule has 2 aromatic rings. The van der Waals surface area contributed by atoms with Crippen molar-refractivity contribution < 1.29 is 14.3 Å². The fraction of sp³-hybridized carbons (Fsp3) is 0.350. The van der Waals surface area contributed by atoms with Crippen molar-refractivity contribution in [1.29, 1.82) is 0 Å². The van der Waals surface area contributed by atoms with Gasteiger partial charge in [-0.25, -0.2) is 0 Å². The van der Waals surface area contributed by atoms with E-state index in [0.717, 1.165) is 11.3 Å². The number of benzene rings is 1. The fourth-order valence-electron chi connectivity index (χ4n) is 2.38. The first-order valence-corrected chi connectivity index (χ1v) is 9.44. The number of thiophene rings is 1. The van der Waals surface area contributed by atoms with Crippen LogP contribution >= 0.6 is 11.3 Å². The smallest absolute Gasteiger partial charge is 0.246 e. The zero-order valence-electron chi connectivity index (χ0n) is 15.0. The van der Waals surface area contributed by atoms with Crippen molar-refractivity contribution in [3.05, 3.63) is 52.2 Å². The average molecular weight is 359 g/mol. The van der Waals surface area contributed by atoms with Crippen LogP contribution in [-0.2, 0) is 11.3 Å². The molecule has 0 aliphatic rings. The molecule has 1 aromatic heterocycles. The van der Waals surface area contributed by atoms with Crippen molar-refractivity contribution in [2.75, 3.05) is 19.8 Å². The lowest BCUT2D eigenvalue weighted by Crippen LogP contribution is -2.28. The van der Waals surface area contributed by atoms with Gasteiger partial charge in [-0.05, 0) is 56.0 Å². The van der Waals surface area contributed by atoms with Crippen LogP contribution in [0, 0.1) is 0 Å². The van der Waals surface area contributed by atoms with Crippen LogP contribution in [0.2, 0.25) is 0 Å². The number of hydrogen-bond donors (Lipinski definition) is 0.